The van der Waals surface area contributed by atoms with Crippen molar-refractivity contribution < 1.29 is 0 Å². The highest BCUT2D eigenvalue weighted by Gasteiger charge is 1.90. The zero-order valence-corrected chi connectivity index (χ0v) is 8.53. The van der Waals surface area contributed by atoms with E-state index in [4.69, 9.17) is 0 Å². The monoisotopic (exact) mass is 182 g/mol. The molecule has 0 bridgehead atoms. The lowest BCUT2D eigenvalue weighted by atomic mass is 10.3. The molecule has 2 nitrogen and oxygen atoms in total. The fraction of sp³-hybridized carbons (Fsp3) is 0.444. The predicted octanol–water partition coefficient (Wildman–Crippen LogP) is 1.79. The molecule has 0 aliphatic heterocycles. The minimum Gasteiger partial charge on any atom is -0.384 e. The van der Waals surface area contributed by atoms with Gasteiger partial charge in [-0.25, -0.2) is 0 Å². The summed E-state index contributed by atoms with van der Waals surface area (Å²) in [6.45, 7) is 3.22. The third kappa shape index (κ3) is 3.19. The minimum atomic E-state index is 0.982. The number of hydrogen-bond donors (Lipinski definition) is 1. The van der Waals surface area contributed by atoms with Crippen molar-refractivity contribution >= 4 is 20.4 Å². The van der Waals surface area contributed by atoms with E-state index in [0.717, 1.165) is 17.7 Å². The Kier molecular flexibility index (Phi) is 4.02. The highest BCUT2D eigenvalue weighted by atomic mass is 31.0. The molecule has 1 rings (SSSR count). The van der Waals surface area contributed by atoms with Crippen molar-refractivity contribution in [2.75, 3.05) is 11.9 Å². The van der Waals surface area contributed by atoms with Gasteiger partial charge in [-0.1, -0.05) is 22.6 Å². The first kappa shape index (κ1) is 9.47. The summed E-state index contributed by atoms with van der Waals surface area (Å²) in [5.74, 6) is 0. The summed E-state index contributed by atoms with van der Waals surface area (Å²) in [6, 6.07) is 4.03. The summed E-state index contributed by atoms with van der Waals surface area (Å²) < 4.78 is 0. The Hall–Kier alpha value is -0.620. The Balaban J connectivity index is 2.37. The average molecular weight is 182 g/mol. The van der Waals surface area contributed by atoms with Crippen LogP contribution in [0.25, 0.3) is 0 Å². The van der Waals surface area contributed by atoms with Crippen LogP contribution in [-0.4, -0.2) is 11.5 Å². The second-order valence-electron chi connectivity index (χ2n) is 2.75. The smallest absolute Gasteiger partial charge is 0.0570 e. The van der Waals surface area contributed by atoms with Crippen LogP contribution in [-0.2, 0) is 0 Å². The molecule has 0 saturated carbocycles. The molecule has 3 heteroatoms. The van der Waals surface area contributed by atoms with Crippen molar-refractivity contribution in [3.8, 4) is 0 Å². The fourth-order valence-electron chi connectivity index (χ4n) is 0.919. The van der Waals surface area contributed by atoms with Crippen LogP contribution >= 0.6 is 9.24 Å². The first-order chi connectivity index (χ1) is 5.83. The molecule has 0 fully saturated rings. The first-order valence-electron chi connectivity index (χ1n) is 4.28. The van der Waals surface area contributed by atoms with Crippen molar-refractivity contribution in [2.45, 2.75) is 19.8 Å². The number of nitrogens with one attached hydrogen (secondary N) is 1. The van der Waals surface area contributed by atoms with E-state index in [-0.39, 0.29) is 0 Å². The zero-order chi connectivity index (χ0) is 8.81. The summed E-state index contributed by atoms with van der Waals surface area (Å²) >= 11 is 0. The quantitative estimate of drug-likeness (QED) is 0.567. The normalized spacial score (nSPS) is 9.83. The van der Waals surface area contributed by atoms with Gasteiger partial charge in [-0.3, -0.25) is 4.98 Å². The maximum atomic E-state index is 4.16. The number of hydrogen-bond acceptors (Lipinski definition) is 2. The van der Waals surface area contributed by atoms with Gasteiger partial charge >= 0.3 is 0 Å². The molecule has 66 valence electrons. The van der Waals surface area contributed by atoms with Gasteiger partial charge in [0.05, 0.1) is 17.3 Å². The maximum absolute atomic E-state index is 4.16. The zero-order valence-electron chi connectivity index (χ0n) is 7.38. The van der Waals surface area contributed by atoms with Gasteiger partial charge in [0.2, 0.25) is 0 Å². The lowest BCUT2D eigenvalue weighted by Crippen LogP contribution is -2.03. The molecule has 1 heterocycles. The molecule has 0 spiro atoms. The van der Waals surface area contributed by atoms with Crippen LogP contribution in [0, 0.1) is 0 Å². The van der Waals surface area contributed by atoms with Crippen LogP contribution in [0.3, 0.4) is 0 Å². The number of anilines is 1. The van der Waals surface area contributed by atoms with Crippen molar-refractivity contribution in [3.05, 3.63) is 18.3 Å². The molecule has 0 aliphatic rings. The van der Waals surface area contributed by atoms with E-state index in [9.17, 15) is 0 Å². The summed E-state index contributed by atoms with van der Waals surface area (Å²) in [5.41, 5.74) is 2.09. The number of unbranched alkanes of at least 4 members (excludes halogenated alkanes) is 1. The number of nitrogens with zero attached hydrogens (tertiary/aromatic N) is 1. The minimum absolute atomic E-state index is 0.982. The lowest BCUT2D eigenvalue weighted by Gasteiger charge is -2.03. The molecular formula is C9H15N2P. The molecule has 1 unspecified atom stereocenters. The van der Waals surface area contributed by atoms with E-state index in [1.807, 2.05) is 18.3 Å². The number of rotatable bonds is 4. The molecule has 1 aromatic heterocycles. The Labute approximate surface area is 76.0 Å². The molecule has 0 aliphatic carbocycles. The van der Waals surface area contributed by atoms with E-state index in [2.05, 4.69) is 26.5 Å². The van der Waals surface area contributed by atoms with Crippen LogP contribution < -0.4 is 10.8 Å². The van der Waals surface area contributed by atoms with Crippen LogP contribution in [0.2, 0.25) is 0 Å². The average Bonchev–Trinajstić information content (AvgIpc) is 2.09. The van der Waals surface area contributed by atoms with Crippen LogP contribution in [0.1, 0.15) is 19.8 Å². The van der Waals surface area contributed by atoms with Crippen LogP contribution in [0.15, 0.2) is 18.3 Å². The van der Waals surface area contributed by atoms with Gasteiger partial charge in [0, 0.05) is 6.54 Å². The van der Waals surface area contributed by atoms with Crippen molar-refractivity contribution in [3.63, 3.8) is 0 Å². The highest BCUT2D eigenvalue weighted by molar-refractivity contribution is 7.26. The molecule has 0 aromatic carbocycles. The van der Waals surface area contributed by atoms with Crippen molar-refractivity contribution in [1.29, 1.82) is 0 Å². The van der Waals surface area contributed by atoms with Crippen LogP contribution in [0.4, 0.5) is 5.69 Å². The van der Waals surface area contributed by atoms with E-state index in [1.54, 1.807) is 0 Å². The second-order valence-corrected chi connectivity index (χ2v) is 3.34. The Morgan fingerprint density at radius 1 is 1.50 bits per heavy atom. The Morgan fingerprint density at radius 3 is 2.92 bits per heavy atom. The first-order valence-corrected chi connectivity index (χ1v) is 4.86. The van der Waals surface area contributed by atoms with Gasteiger partial charge in [-0.2, -0.15) is 0 Å². The van der Waals surface area contributed by atoms with Gasteiger partial charge < -0.3 is 5.32 Å². The van der Waals surface area contributed by atoms with Crippen LogP contribution in [0.5, 0.6) is 0 Å². The van der Waals surface area contributed by atoms with Gasteiger partial charge in [0.25, 0.3) is 0 Å². The van der Waals surface area contributed by atoms with Gasteiger partial charge in [0.15, 0.2) is 0 Å². The third-order valence-electron chi connectivity index (χ3n) is 1.65. The van der Waals surface area contributed by atoms with Crippen molar-refractivity contribution in [2.24, 2.45) is 0 Å². The lowest BCUT2D eigenvalue weighted by molar-refractivity contribution is 0.834. The van der Waals surface area contributed by atoms with Crippen molar-refractivity contribution in [1.82, 2.24) is 4.98 Å². The van der Waals surface area contributed by atoms with E-state index in [1.165, 1.54) is 12.8 Å². The summed E-state index contributed by atoms with van der Waals surface area (Å²) in [6.07, 6.45) is 4.29. The van der Waals surface area contributed by atoms with E-state index in [0.29, 0.717) is 0 Å². The number of pyridine rings is 1. The molecule has 12 heavy (non-hydrogen) atoms. The van der Waals surface area contributed by atoms with E-state index >= 15 is 0 Å². The standard InChI is InChI=1S/C9H15N2P/c1-2-3-6-10-8-4-5-9(12)11-7-8/h4-5,7,10H,2-3,6,12H2,1H3. The van der Waals surface area contributed by atoms with Gasteiger partial charge in [0.1, 0.15) is 0 Å². The predicted molar refractivity (Wildman–Crippen MR) is 57.0 cm³/mol. The molecular weight excluding hydrogens is 167 g/mol. The summed E-state index contributed by atoms with van der Waals surface area (Å²) in [7, 11) is 2.57. The fourth-order valence-corrected chi connectivity index (χ4v) is 1.09. The molecule has 1 aromatic rings. The molecule has 0 saturated heterocycles. The van der Waals surface area contributed by atoms with Gasteiger partial charge in [-0.15, -0.1) is 0 Å². The molecule has 0 amide bonds. The number of aromatic nitrogens is 1. The SMILES string of the molecule is CCCCNc1ccc(P)nc1. The highest BCUT2D eigenvalue weighted by Crippen LogP contribution is 2.02. The topological polar surface area (TPSA) is 24.9 Å². The molecule has 1 atom stereocenters. The Bertz CT molecular complexity index is 220. The van der Waals surface area contributed by atoms with Gasteiger partial charge in [-0.05, 0) is 18.6 Å². The largest absolute Gasteiger partial charge is 0.384 e. The molecule has 0 radical (unpaired) electrons. The third-order valence-corrected chi connectivity index (χ3v) is 1.99. The molecule has 1 N–H and O–H groups in total. The summed E-state index contributed by atoms with van der Waals surface area (Å²) in [4.78, 5) is 4.16. The second kappa shape index (κ2) is 5.10. The Morgan fingerprint density at radius 2 is 2.33 bits per heavy atom. The van der Waals surface area contributed by atoms with E-state index < -0.39 is 0 Å². The summed E-state index contributed by atoms with van der Waals surface area (Å²) in [5, 5.41) is 3.30. The maximum Gasteiger partial charge on any atom is 0.0570 e.